The number of carbonyl (C=O) groups is 1. The van der Waals surface area contributed by atoms with Crippen molar-refractivity contribution in [2.24, 2.45) is 0 Å². The van der Waals surface area contributed by atoms with E-state index >= 15 is 0 Å². The Bertz CT molecular complexity index is 894. The van der Waals surface area contributed by atoms with Crippen LogP contribution in [0.25, 0.3) is 0 Å². The minimum absolute atomic E-state index is 0.0774. The Morgan fingerprint density at radius 3 is 2.68 bits per heavy atom. The zero-order valence-electron chi connectivity index (χ0n) is 13.8. The molecule has 0 aliphatic rings. The summed E-state index contributed by atoms with van der Waals surface area (Å²) < 4.78 is 0. The number of aromatic nitrogens is 2. The van der Waals surface area contributed by atoms with E-state index in [4.69, 9.17) is 5.73 Å². The normalized spacial score (nSPS) is 10.7. The molecule has 0 atom stereocenters. The fraction of sp³-hybridized carbons (Fsp3) is 0.267. The third-order valence-electron chi connectivity index (χ3n) is 3.26. The lowest BCUT2D eigenvalue weighted by atomic mass is 10.1. The average molecular weight is 363 g/mol. The van der Waals surface area contributed by atoms with Gasteiger partial charge in [-0.05, 0) is 13.0 Å². The molecule has 1 heterocycles. The van der Waals surface area contributed by atoms with Gasteiger partial charge in [0.15, 0.2) is 11.0 Å². The molecule has 132 valence electrons. The van der Waals surface area contributed by atoms with Crippen molar-refractivity contribution in [1.82, 2.24) is 9.97 Å². The highest BCUT2D eigenvalue weighted by Crippen LogP contribution is 2.23. The molecule has 0 spiro atoms. The molecule has 2 aromatic rings. The number of nitro benzene ring substituents is 1. The smallest absolute Gasteiger partial charge is 0.277 e. The molecule has 4 N–H and O–H groups in total. The molecule has 9 nitrogen and oxygen atoms in total. The summed E-state index contributed by atoms with van der Waals surface area (Å²) in [7, 11) is 0. The zero-order chi connectivity index (χ0) is 18.7. The van der Waals surface area contributed by atoms with E-state index in [0.717, 1.165) is 0 Å². The molecular formula is C15H17N5O4S. The lowest BCUT2D eigenvalue weighted by Gasteiger charge is -2.10. The Hall–Kier alpha value is -2.88. The molecule has 0 unspecified atom stereocenters. The molecule has 25 heavy (non-hydrogen) atoms. The fourth-order valence-corrected chi connectivity index (χ4v) is 2.87. The van der Waals surface area contributed by atoms with Gasteiger partial charge in [0.1, 0.15) is 5.69 Å². The number of hydrogen-bond donors (Lipinski definition) is 3. The third kappa shape index (κ3) is 4.15. The van der Waals surface area contributed by atoms with Gasteiger partial charge in [0.05, 0.1) is 4.92 Å². The van der Waals surface area contributed by atoms with E-state index in [1.54, 1.807) is 0 Å². The van der Waals surface area contributed by atoms with Crippen LogP contribution in [-0.4, -0.2) is 26.0 Å². The molecule has 0 saturated carbocycles. The number of aromatic amines is 1. The Kier molecular flexibility index (Phi) is 5.42. The number of H-pyrrole nitrogens is 1. The summed E-state index contributed by atoms with van der Waals surface area (Å²) >= 11 is 1.32. The molecule has 0 fully saturated rings. The second kappa shape index (κ2) is 7.34. The zero-order valence-corrected chi connectivity index (χ0v) is 14.6. The van der Waals surface area contributed by atoms with Gasteiger partial charge in [-0.15, -0.1) is 0 Å². The van der Waals surface area contributed by atoms with E-state index in [2.05, 4.69) is 15.3 Å². The van der Waals surface area contributed by atoms with Gasteiger partial charge >= 0.3 is 0 Å². The van der Waals surface area contributed by atoms with Crippen molar-refractivity contribution in [1.29, 1.82) is 0 Å². The van der Waals surface area contributed by atoms with Gasteiger partial charge in [0.2, 0.25) is 0 Å². The lowest BCUT2D eigenvalue weighted by Crippen LogP contribution is -2.23. The minimum atomic E-state index is -0.676. The molecule has 1 amide bonds. The van der Waals surface area contributed by atoms with Crippen molar-refractivity contribution in [3.05, 3.63) is 49.8 Å². The van der Waals surface area contributed by atoms with Crippen molar-refractivity contribution in [2.45, 2.75) is 31.2 Å². The van der Waals surface area contributed by atoms with Crippen molar-refractivity contribution in [3.63, 3.8) is 0 Å². The standard InChI is InChI=1S/C15H17N5O4S/c1-7(2)25-15-18-12(16)11(14(22)19-15)17-13(21)9-5-4-6-10(8(9)3)20(23)24/h4-7H,1-3H3,(H,17,21)(H3,16,18,19,22). The maximum atomic E-state index is 12.4. The highest BCUT2D eigenvalue weighted by Gasteiger charge is 2.20. The van der Waals surface area contributed by atoms with Gasteiger partial charge in [-0.1, -0.05) is 31.7 Å². The van der Waals surface area contributed by atoms with Gasteiger partial charge < -0.3 is 11.1 Å². The molecule has 10 heteroatoms. The summed E-state index contributed by atoms with van der Waals surface area (Å²) in [5.41, 5.74) is 5.08. The molecule has 0 bridgehead atoms. The number of nitrogens with two attached hydrogens (primary N) is 1. The topological polar surface area (TPSA) is 144 Å². The first-order valence-corrected chi connectivity index (χ1v) is 8.20. The largest absolute Gasteiger partial charge is 0.382 e. The van der Waals surface area contributed by atoms with E-state index in [-0.39, 0.29) is 33.6 Å². The molecule has 0 saturated heterocycles. The quantitative estimate of drug-likeness (QED) is 0.320. The summed E-state index contributed by atoms with van der Waals surface area (Å²) in [5, 5.41) is 13.9. The number of nitrogens with zero attached hydrogens (tertiary/aromatic N) is 2. The van der Waals surface area contributed by atoms with E-state index in [0.29, 0.717) is 5.16 Å². The molecule has 0 radical (unpaired) electrons. The number of thioether (sulfide) groups is 1. The first kappa shape index (κ1) is 18.5. The van der Waals surface area contributed by atoms with Gasteiger partial charge in [-0.25, -0.2) is 4.98 Å². The van der Waals surface area contributed by atoms with Crippen LogP contribution in [0, 0.1) is 17.0 Å². The molecule has 1 aromatic heterocycles. The molecule has 2 rings (SSSR count). The lowest BCUT2D eigenvalue weighted by molar-refractivity contribution is -0.385. The number of carbonyl (C=O) groups excluding carboxylic acids is 1. The highest BCUT2D eigenvalue weighted by molar-refractivity contribution is 7.99. The average Bonchev–Trinajstić information content (AvgIpc) is 2.50. The van der Waals surface area contributed by atoms with Crippen LogP contribution in [0.2, 0.25) is 0 Å². The Balaban J connectivity index is 2.35. The van der Waals surface area contributed by atoms with Crippen LogP contribution in [0.15, 0.2) is 28.2 Å². The first-order chi connectivity index (χ1) is 11.7. The number of benzene rings is 1. The maximum Gasteiger partial charge on any atom is 0.277 e. The monoisotopic (exact) mass is 363 g/mol. The van der Waals surface area contributed by atoms with Gasteiger partial charge in [-0.2, -0.15) is 0 Å². The Labute approximate surface area is 147 Å². The summed E-state index contributed by atoms with van der Waals surface area (Å²) in [6.45, 7) is 5.32. The van der Waals surface area contributed by atoms with Gasteiger partial charge in [0.25, 0.3) is 17.2 Å². The minimum Gasteiger partial charge on any atom is -0.382 e. The highest BCUT2D eigenvalue weighted by atomic mass is 32.2. The van der Waals surface area contributed by atoms with E-state index in [1.807, 2.05) is 13.8 Å². The van der Waals surface area contributed by atoms with Crippen LogP contribution in [0.3, 0.4) is 0 Å². The van der Waals surface area contributed by atoms with E-state index in [1.165, 1.54) is 36.9 Å². The molecule has 0 aliphatic carbocycles. The van der Waals surface area contributed by atoms with Crippen LogP contribution < -0.4 is 16.6 Å². The van der Waals surface area contributed by atoms with Crippen LogP contribution in [-0.2, 0) is 0 Å². The van der Waals surface area contributed by atoms with Crippen LogP contribution in [0.4, 0.5) is 17.2 Å². The second-order valence-corrected chi connectivity index (χ2v) is 7.02. The van der Waals surface area contributed by atoms with Crippen molar-refractivity contribution < 1.29 is 9.72 Å². The van der Waals surface area contributed by atoms with Gasteiger partial charge in [-0.3, -0.25) is 24.7 Å². The predicted octanol–water partition coefficient (Wildman–Crippen LogP) is 2.32. The number of amides is 1. The number of hydrogen-bond acceptors (Lipinski definition) is 7. The van der Waals surface area contributed by atoms with Crippen molar-refractivity contribution in [3.8, 4) is 0 Å². The fourth-order valence-electron chi connectivity index (χ4n) is 2.12. The molecular weight excluding hydrogens is 346 g/mol. The summed E-state index contributed by atoms with van der Waals surface area (Å²) in [6.07, 6.45) is 0. The number of nitrogens with one attached hydrogen (secondary N) is 2. The number of anilines is 2. The molecule has 0 aliphatic heterocycles. The summed E-state index contributed by atoms with van der Waals surface area (Å²) in [5.74, 6) is -0.798. The van der Waals surface area contributed by atoms with E-state index < -0.39 is 16.4 Å². The first-order valence-electron chi connectivity index (χ1n) is 7.32. The SMILES string of the molecule is Cc1c(C(=O)Nc2c(N)nc(SC(C)C)[nH]c2=O)cccc1[N+](=O)[O-]. The number of rotatable bonds is 5. The van der Waals surface area contributed by atoms with Crippen molar-refractivity contribution in [2.75, 3.05) is 11.1 Å². The third-order valence-corrected chi connectivity index (χ3v) is 4.15. The second-order valence-electron chi connectivity index (χ2n) is 5.46. The van der Waals surface area contributed by atoms with Crippen LogP contribution in [0.5, 0.6) is 0 Å². The van der Waals surface area contributed by atoms with Gasteiger partial charge in [0, 0.05) is 22.4 Å². The number of nitrogen functional groups attached to an aromatic ring is 1. The van der Waals surface area contributed by atoms with Crippen LogP contribution in [0.1, 0.15) is 29.8 Å². The van der Waals surface area contributed by atoms with Crippen LogP contribution >= 0.6 is 11.8 Å². The predicted molar refractivity (Wildman–Crippen MR) is 96.0 cm³/mol. The summed E-state index contributed by atoms with van der Waals surface area (Å²) in [4.78, 5) is 41.6. The maximum absolute atomic E-state index is 12.4. The number of nitro groups is 1. The Morgan fingerprint density at radius 2 is 2.12 bits per heavy atom. The summed E-state index contributed by atoms with van der Waals surface area (Å²) in [6, 6.07) is 4.12. The molecule has 1 aromatic carbocycles. The van der Waals surface area contributed by atoms with Crippen molar-refractivity contribution >= 4 is 34.9 Å². The van der Waals surface area contributed by atoms with E-state index in [9.17, 15) is 19.7 Å². The Morgan fingerprint density at radius 1 is 1.44 bits per heavy atom.